The maximum Gasteiger partial charge on any atom is 0.337 e. The van der Waals surface area contributed by atoms with Gasteiger partial charge in [-0.2, -0.15) is 0 Å². The number of para-hydroxylation sites is 1. The van der Waals surface area contributed by atoms with Gasteiger partial charge < -0.3 is 14.2 Å². The minimum absolute atomic E-state index is 0.215. The smallest absolute Gasteiger partial charge is 0.337 e. The third-order valence-electron chi connectivity index (χ3n) is 6.38. The number of Topliss-reactive ketones (excluding diaryl/α,β-unsaturated/α-hetero) is 1. The first-order valence-corrected chi connectivity index (χ1v) is 10.6. The summed E-state index contributed by atoms with van der Waals surface area (Å²) in [5.74, 6) is 1.51. The predicted octanol–water partition coefficient (Wildman–Crippen LogP) is 3.87. The van der Waals surface area contributed by atoms with Crippen LogP contribution in [0.4, 0.5) is 5.95 Å². The molecule has 2 aliphatic rings. The standard InChI is InChI=1S/C24H25N3O3/c1-30-23(29)18-5-2-4-17(15-18)14-16-8-11-26(12-9-16)24-25-20-7-3-6-19-21(28)10-13-27(24)22(19)20/h2-7,15-16H,8-14H2,1H3. The van der Waals surface area contributed by atoms with Crippen LogP contribution in [0.25, 0.3) is 11.0 Å². The molecule has 0 unspecified atom stereocenters. The van der Waals surface area contributed by atoms with Gasteiger partial charge in [-0.1, -0.05) is 18.2 Å². The molecule has 3 heterocycles. The summed E-state index contributed by atoms with van der Waals surface area (Å²) in [6.45, 7) is 2.61. The number of ether oxygens (including phenoxy) is 1. The summed E-state index contributed by atoms with van der Waals surface area (Å²) < 4.78 is 7.06. The molecule has 0 saturated carbocycles. The monoisotopic (exact) mass is 403 g/mol. The molecule has 1 aromatic heterocycles. The molecule has 0 spiro atoms. The van der Waals surface area contributed by atoms with Crippen LogP contribution in [0.3, 0.4) is 0 Å². The van der Waals surface area contributed by atoms with Crippen LogP contribution < -0.4 is 4.90 Å². The number of piperidine rings is 1. The van der Waals surface area contributed by atoms with Crippen molar-refractivity contribution in [1.29, 1.82) is 0 Å². The van der Waals surface area contributed by atoms with Gasteiger partial charge >= 0.3 is 5.97 Å². The Kier molecular flexibility index (Phi) is 4.77. The first kappa shape index (κ1) is 18.9. The van der Waals surface area contributed by atoms with Gasteiger partial charge in [0.15, 0.2) is 5.78 Å². The summed E-state index contributed by atoms with van der Waals surface area (Å²) in [4.78, 5) is 31.3. The van der Waals surface area contributed by atoms with E-state index in [2.05, 4.69) is 15.5 Å². The Bertz CT molecular complexity index is 1130. The van der Waals surface area contributed by atoms with Crippen molar-refractivity contribution in [2.24, 2.45) is 5.92 Å². The third kappa shape index (κ3) is 3.26. The summed E-state index contributed by atoms with van der Waals surface area (Å²) in [5.41, 5.74) is 4.50. The number of rotatable bonds is 4. The molecule has 154 valence electrons. The molecule has 0 aliphatic carbocycles. The van der Waals surface area contributed by atoms with Gasteiger partial charge in [0.25, 0.3) is 0 Å². The lowest BCUT2D eigenvalue weighted by Gasteiger charge is -2.33. The van der Waals surface area contributed by atoms with E-state index in [4.69, 9.17) is 9.72 Å². The van der Waals surface area contributed by atoms with Gasteiger partial charge in [-0.3, -0.25) is 4.79 Å². The zero-order valence-corrected chi connectivity index (χ0v) is 17.1. The van der Waals surface area contributed by atoms with E-state index in [1.165, 1.54) is 12.7 Å². The minimum Gasteiger partial charge on any atom is -0.465 e. The molecular formula is C24H25N3O3. The van der Waals surface area contributed by atoms with Gasteiger partial charge in [0, 0.05) is 31.6 Å². The molecule has 0 atom stereocenters. The van der Waals surface area contributed by atoms with Gasteiger partial charge in [-0.05, 0) is 55.0 Å². The molecule has 1 fully saturated rings. The van der Waals surface area contributed by atoms with Crippen molar-refractivity contribution in [1.82, 2.24) is 9.55 Å². The number of esters is 1. The largest absolute Gasteiger partial charge is 0.465 e. The molecule has 2 aromatic carbocycles. The highest BCUT2D eigenvalue weighted by Gasteiger charge is 2.28. The van der Waals surface area contributed by atoms with Crippen LogP contribution >= 0.6 is 0 Å². The molecule has 6 nitrogen and oxygen atoms in total. The van der Waals surface area contributed by atoms with Gasteiger partial charge in [0.05, 0.1) is 23.7 Å². The van der Waals surface area contributed by atoms with Crippen LogP contribution in [0.1, 0.15) is 45.5 Å². The normalized spacial score (nSPS) is 16.8. The van der Waals surface area contributed by atoms with Gasteiger partial charge in [0.2, 0.25) is 5.95 Å². The quantitative estimate of drug-likeness (QED) is 0.619. The second-order valence-electron chi connectivity index (χ2n) is 8.24. The first-order chi connectivity index (χ1) is 14.6. The Balaban J connectivity index is 1.30. The van der Waals surface area contributed by atoms with Crippen molar-refractivity contribution in [3.05, 3.63) is 59.2 Å². The average Bonchev–Trinajstić information content (AvgIpc) is 3.16. The first-order valence-electron chi connectivity index (χ1n) is 10.6. The van der Waals surface area contributed by atoms with Crippen molar-refractivity contribution in [2.45, 2.75) is 32.2 Å². The molecule has 30 heavy (non-hydrogen) atoms. The van der Waals surface area contributed by atoms with Crippen LogP contribution in [0.2, 0.25) is 0 Å². The van der Waals surface area contributed by atoms with E-state index in [0.717, 1.165) is 54.9 Å². The van der Waals surface area contributed by atoms with E-state index in [0.29, 0.717) is 24.4 Å². The van der Waals surface area contributed by atoms with Crippen molar-refractivity contribution in [3.63, 3.8) is 0 Å². The van der Waals surface area contributed by atoms with E-state index >= 15 is 0 Å². The van der Waals surface area contributed by atoms with Gasteiger partial charge in [-0.15, -0.1) is 0 Å². The van der Waals surface area contributed by atoms with Crippen LogP contribution in [0.5, 0.6) is 0 Å². The Morgan fingerprint density at radius 1 is 1.13 bits per heavy atom. The topological polar surface area (TPSA) is 64.4 Å². The minimum atomic E-state index is -0.287. The van der Waals surface area contributed by atoms with Crippen molar-refractivity contribution in [2.75, 3.05) is 25.1 Å². The number of benzene rings is 2. The number of anilines is 1. The summed E-state index contributed by atoms with van der Waals surface area (Å²) in [6, 6.07) is 13.6. The highest BCUT2D eigenvalue weighted by molar-refractivity contribution is 6.08. The maximum atomic E-state index is 12.3. The summed E-state index contributed by atoms with van der Waals surface area (Å²) in [5, 5.41) is 0. The molecule has 0 amide bonds. The van der Waals surface area contributed by atoms with E-state index < -0.39 is 0 Å². The Hall–Kier alpha value is -3.15. The SMILES string of the molecule is COC(=O)c1cccc(CC2CCN(c3nc4cccc5c4n3CCC5=O)CC2)c1. The van der Waals surface area contributed by atoms with Crippen LogP contribution in [-0.2, 0) is 17.7 Å². The Morgan fingerprint density at radius 3 is 2.73 bits per heavy atom. The highest BCUT2D eigenvalue weighted by Crippen LogP contribution is 2.32. The maximum absolute atomic E-state index is 12.3. The van der Waals surface area contributed by atoms with Crippen molar-refractivity contribution in [3.8, 4) is 0 Å². The number of aromatic nitrogens is 2. The second kappa shape index (κ2) is 7.59. The highest BCUT2D eigenvalue weighted by atomic mass is 16.5. The van der Waals surface area contributed by atoms with Crippen LogP contribution in [0.15, 0.2) is 42.5 Å². The molecule has 3 aromatic rings. The molecule has 0 radical (unpaired) electrons. The Morgan fingerprint density at radius 2 is 1.93 bits per heavy atom. The molecule has 2 aliphatic heterocycles. The second-order valence-corrected chi connectivity index (χ2v) is 8.24. The van der Waals surface area contributed by atoms with Crippen molar-refractivity contribution < 1.29 is 14.3 Å². The number of ketones is 1. The number of methoxy groups -OCH3 is 1. The van der Waals surface area contributed by atoms with E-state index in [9.17, 15) is 9.59 Å². The third-order valence-corrected chi connectivity index (χ3v) is 6.38. The summed E-state index contributed by atoms with van der Waals surface area (Å²) in [7, 11) is 1.41. The number of hydrogen-bond acceptors (Lipinski definition) is 5. The average molecular weight is 403 g/mol. The zero-order chi connectivity index (χ0) is 20.7. The number of imidazole rings is 1. The molecule has 0 N–H and O–H groups in total. The number of carbonyl (C=O) groups is 2. The fourth-order valence-corrected chi connectivity index (χ4v) is 4.81. The van der Waals surface area contributed by atoms with E-state index in [1.807, 2.05) is 30.3 Å². The van der Waals surface area contributed by atoms with Gasteiger partial charge in [-0.25, -0.2) is 9.78 Å². The number of carbonyl (C=O) groups excluding carboxylic acids is 2. The van der Waals surface area contributed by atoms with Crippen molar-refractivity contribution >= 4 is 28.7 Å². The van der Waals surface area contributed by atoms with E-state index in [1.54, 1.807) is 6.07 Å². The fourth-order valence-electron chi connectivity index (χ4n) is 4.81. The lowest BCUT2D eigenvalue weighted by atomic mass is 9.90. The molecule has 1 saturated heterocycles. The number of aryl methyl sites for hydroxylation is 1. The lowest BCUT2D eigenvalue weighted by molar-refractivity contribution is 0.0600. The molecule has 5 rings (SSSR count). The fraction of sp³-hybridized carbons (Fsp3) is 0.375. The summed E-state index contributed by atoms with van der Waals surface area (Å²) in [6.07, 6.45) is 3.67. The van der Waals surface area contributed by atoms with E-state index in [-0.39, 0.29) is 11.8 Å². The van der Waals surface area contributed by atoms with Gasteiger partial charge in [0.1, 0.15) is 0 Å². The molecule has 6 heteroatoms. The number of hydrogen-bond donors (Lipinski definition) is 0. The van der Waals surface area contributed by atoms with Crippen LogP contribution in [0, 0.1) is 5.92 Å². The van der Waals surface area contributed by atoms with Crippen LogP contribution in [-0.4, -0.2) is 41.5 Å². The number of nitrogens with zero attached hydrogens (tertiary/aromatic N) is 3. The molecule has 0 bridgehead atoms. The summed E-state index contributed by atoms with van der Waals surface area (Å²) >= 11 is 0. The zero-order valence-electron chi connectivity index (χ0n) is 17.1. The molecular weight excluding hydrogens is 378 g/mol. The Labute approximate surface area is 175 Å². The lowest BCUT2D eigenvalue weighted by Crippen LogP contribution is -2.36. The predicted molar refractivity (Wildman–Crippen MR) is 115 cm³/mol.